The Hall–Kier alpha value is -5.46. The Balaban J connectivity index is 1.30. The average Bonchev–Trinajstić information content (AvgIpc) is 3.15. The molecule has 222 valence electrons. The fraction of sp³-hybridized carbons (Fsp3) is 0.0870. The fourth-order valence-electron chi connectivity index (χ4n) is 6.79. The van der Waals surface area contributed by atoms with Gasteiger partial charge in [0, 0.05) is 0 Å². The highest BCUT2D eigenvalue weighted by Gasteiger charge is 2.23. The Bertz CT molecular complexity index is 1990. The van der Waals surface area contributed by atoms with Crippen LogP contribution < -0.4 is 0 Å². The molecule has 0 radical (unpaired) electrons. The van der Waals surface area contributed by atoms with Gasteiger partial charge in [-0.15, -0.1) is 0 Å². The second kappa shape index (κ2) is 13.7. The van der Waals surface area contributed by atoms with Crippen molar-refractivity contribution in [2.75, 3.05) is 0 Å². The Morgan fingerprint density at radius 2 is 0.739 bits per heavy atom. The summed E-state index contributed by atoms with van der Waals surface area (Å²) in [5.74, 6) is 0.599. The number of hydrogen-bond donors (Lipinski definition) is 0. The zero-order valence-electron chi connectivity index (χ0n) is 26.3. The molecule has 0 aliphatic rings. The summed E-state index contributed by atoms with van der Waals surface area (Å²) in [4.78, 5) is 0. The first kappa shape index (κ1) is 29.3. The van der Waals surface area contributed by atoms with E-state index in [9.17, 15) is 0 Å². The van der Waals surface area contributed by atoms with Crippen molar-refractivity contribution in [1.82, 2.24) is 0 Å². The lowest BCUT2D eigenvalue weighted by molar-refractivity contribution is 0.572. The molecule has 2 atom stereocenters. The van der Waals surface area contributed by atoms with E-state index in [2.05, 4.69) is 195 Å². The molecule has 0 amide bonds. The summed E-state index contributed by atoms with van der Waals surface area (Å²) in [7, 11) is 0. The van der Waals surface area contributed by atoms with Crippen molar-refractivity contribution in [3.05, 3.63) is 205 Å². The third kappa shape index (κ3) is 6.34. The van der Waals surface area contributed by atoms with Crippen molar-refractivity contribution in [1.29, 1.82) is 0 Å². The molecule has 0 nitrogen and oxygen atoms in total. The van der Waals surface area contributed by atoms with Crippen LogP contribution in [0, 0.1) is 0 Å². The van der Waals surface area contributed by atoms with Crippen LogP contribution in [0.2, 0.25) is 0 Å². The van der Waals surface area contributed by atoms with Crippen molar-refractivity contribution in [3.63, 3.8) is 0 Å². The van der Waals surface area contributed by atoms with Gasteiger partial charge >= 0.3 is 0 Å². The zero-order valence-corrected chi connectivity index (χ0v) is 26.3. The summed E-state index contributed by atoms with van der Waals surface area (Å²) >= 11 is 0. The maximum Gasteiger partial charge on any atom is -0.00553 e. The fourth-order valence-corrected chi connectivity index (χ4v) is 6.79. The van der Waals surface area contributed by atoms with Gasteiger partial charge in [0.05, 0.1) is 0 Å². The third-order valence-corrected chi connectivity index (χ3v) is 9.28. The van der Waals surface area contributed by atoms with Crippen LogP contribution in [0.1, 0.15) is 35.4 Å². The van der Waals surface area contributed by atoms with Crippen LogP contribution in [-0.4, -0.2) is 0 Å². The Morgan fingerprint density at radius 3 is 1.22 bits per heavy atom. The van der Waals surface area contributed by atoms with Crippen LogP contribution in [0.4, 0.5) is 0 Å². The highest BCUT2D eigenvalue weighted by Crippen LogP contribution is 2.41. The van der Waals surface area contributed by atoms with E-state index in [0.717, 1.165) is 6.42 Å². The van der Waals surface area contributed by atoms with Crippen LogP contribution in [0.25, 0.3) is 44.5 Å². The maximum atomic E-state index is 2.44. The van der Waals surface area contributed by atoms with E-state index in [1.165, 1.54) is 61.2 Å². The van der Waals surface area contributed by atoms with Gasteiger partial charge in [-0.2, -0.15) is 0 Å². The molecule has 0 N–H and O–H groups in total. The lowest BCUT2D eigenvalue weighted by atomic mass is 9.77. The molecule has 0 saturated heterocycles. The van der Waals surface area contributed by atoms with Crippen molar-refractivity contribution in [3.8, 4) is 44.5 Å². The first-order valence-corrected chi connectivity index (χ1v) is 16.3. The van der Waals surface area contributed by atoms with Crippen molar-refractivity contribution >= 4 is 0 Å². The molecule has 0 spiro atoms. The summed E-state index contributed by atoms with van der Waals surface area (Å²) in [6, 6.07) is 68.4. The Kier molecular flexibility index (Phi) is 8.70. The van der Waals surface area contributed by atoms with Crippen LogP contribution in [-0.2, 0) is 6.42 Å². The predicted octanol–water partition coefficient (Wildman–Crippen LogP) is 12.5. The van der Waals surface area contributed by atoms with Gasteiger partial charge in [0.15, 0.2) is 0 Å². The molecule has 46 heavy (non-hydrogen) atoms. The topological polar surface area (TPSA) is 0 Å². The van der Waals surface area contributed by atoms with E-state index in [1.807, 2.05) is 0 Å². The maximum absolute atomic E-state index is 2.44. The summed E-state index contributed by atoms with van der Waals surface area (Å²) < 4.78 is 0. The largest absolute Gasteiger partial charge is 0.0622 e. The molecule has 2 unspecified atom stereocenters. The Labute approximate surface area is 273 Å². The van der Waals surface area contributed by atoms with Crippen LogP contribution in [0.3, 0.4) is 0 Å². The van der Waals surface area contributed by atoms with Gasteiger partial charge in [-0.3, -0.25) is 0 Å². The van der Waals surface area contributed by atoms with Gasteiger partial charge < -0.3 is 0 Å². The van der Waals surface area contributed by atoms with Gasteiger partial charge in [0.2, 0.25) is 0 Å². The predicted molar refractivity (Wildman–Crippen MR) is 196 cm³/mol. The molecule has 7 aromatic carbocycles. The lowest BCUT2D eigenvalue weighted by Crippen LogP contribution is -2.12. The second-order valence-electron chi connectivity index (χ2n) is 12.2. The van der Waals surface area contributed by atoms with Crippen LogP contribution in [0.15, 0.2) is 188 Å². The van der Waals surface area contributed by atoms with E-state index in [-0.39, 0.29) is 0 Å². The highest BCUT2D eigenvalue weighted by molar-refractivity contribution is 5.85. The number of hydrogen-bond acceptors (Lipinski definition) is 0. The van der Waals surface area contributed by atoms with Gasteiger partial charge in [-0.1, -0.05) is 195 Å². The molecule has 0 heteroatoms. The lowest BCUT2D eigenvalue weighted by Gasteiger charge is -2.27. The Morgan fingerprint density at radius 1 is 0.348 bits per heavy atom. The number of benzene rings is 7. The minimum absolute atomic E-state index is 0.295. The normalized spacial score (nSPS) is 12.4. The van der Waals surface area contributed by atoms with Crippen LogP contribution in [0.5, 0.6) is 0 Å². The molecule has 0 aliphatic heterocycles. The average molecular weight is 591 g/mol. The molecule has 0 heterocycles. The highest BCUT2D eigenvalue weighted by atomic mass is 14.3. The van der Waals surface area contributed by atoms with Crippen LogP contribution >= 0.6 is 0 Å². The monoisotopic (exact) mass is 590 g/mol. The SMILES string of the molecule is CC(c1ccc(-c2ccccc2)c(-c2ccccc2)c1)C(Cc1ccc(-c2ccccc2)c(-c2ccccc2)c1)c1ccccc1. The molecule has 0 bridgehead atoms. The molecule has 0 fully saturated rings. The van der Waals surface area contributed by atoms with Crippen molar-refractivity contribution in [2.24, 2.45) is 0 Å². The van der Waals surface area contributed by atoms with E-state index in [4.69, 9.17) is 0 Å². The summed E-state index contributed by atoms with van der Waals surface area (Å²) in [5.41, 5.74) is 14.2. The molecule has 7 rings (SSSR count). The first-order valence-electron chi connectivity index (χ1n) is 16.3. The minimum atomic E-state index is 0.295. The summed E-state index contributed by atoms with van der Waals surface area (Å²) in [5, 5.41) is 0. The molecule has 7 aromatic rings. The first-order chi connectivity index (χ1) is 22.7. The summed E-state index contributed by atoms with van der Waals surface area (Å²) in [6.45, 7) is 2.40. The molecule has 0 aromatic heterocycles. The minimum Gasteiger partial charge on any atom is -0.0622 e. The van der Waals surface area contributed by atoms with Gasteiger partial charge in [0.25, 0.3) is 0 Å². The zero-order chi connectivity index (χ0) is 31.1. The van der Waals surface area contributed by atoms with E-state index in [1.54, 1.807) is 0 Å². The molecule has 0 saturated carbocycles. The second-order valence-corrected chi connectivity index (χ2v) is 12.2. The number of rotatable bonds is 9. The quantitative estimate of drug-likeness (QED) is 0.157. The molecular weight excluding hydrogens is 553 g/mol. The third-order valence-electron chi connectivity index (χ3n) is 9.28. The van der Waals surface area contributed by atoms with E-state index >= 15 is 0 Å². The van der Waals surface area contributed by atoms with Gasteiger partial charge in [-0.05, 0) is 79.5 Å². The van der Waals surface area contributed by atoms with E-state index < -0.39 is 0 Å². The molecule has 0 aliphatic carbocycles. The summed E-state index contributed by atoms with van der Waals surface area (Å²) in [6.07, 6.45) is 0.946. The molecular formula is C46H38. The smallest absolute Gasteiger partial charge is 0.00553 e. The van der Waals surface area contributed by atoms with E-state index in [0.29, 0.717) is 11.8 Å². The van der Waals surface area contributed by atoms with Crippen molar-refractivity contribution in [2.45, 2.75) is 25.2 Å². The standard InChI is InChI=1S/C46H38/c1-34(41-28-30-43(37-19-9-3-10-20-37)46(33-41)40-25-15-6-16-26-40)44(38-21-11-4-12-22-38)31-35-27-29-42(36-17-7-2-8-18-36)45(32-35)39-23-13-5-14-24-39/h2-30,32-34,44H,31H2,1H3. The van der Waals surface area contributed by atoms with Crippen molar-refractivity contribution < 1.29 is 0 Å². The van der Waals surface area contributed by atoms with Gasteiger partial charge in [0.1, 0.15) is 0 Å². The van der Waals surface area contributed by atoms with Gasteiger partial charge in [-0.25, -0.2) is 0 Å².